The van der Waals surface area contributed by atoms with Crippen LogP contribution in [-0.4, -0.2) is 43.7 Å². The molecule has 3 rings (SSSR count). The Balaban J connectivity index is 1.71. The van der Waals surface area contributed by atoms with Gasteiger partial charge in [0.15, 0.2) is 0 Å². The van der Waals surface area contributed by atoms with E-state index in [1.165, 1.54) is 5.56 Å². The van der Waals surface area contributed by atoms with Gasteiger partial charge in [-0.15, -0.1) is 0 Å². The number of hydrogen-bond acceptors (Lipinski definition) is 4. The fourth-order valence-corrected chi connectivity index (χ4v) is 3.85. The largest absolute Gasteiger partial charge is 0.379 e. The zero-order valence-electron chi connectivity index (χ0n) is 13.0. The highest BCUT2D eigenvalue weighted by molar-refractivity contribution is 7.08. The van der Waals surface area contributed by atoms with Crippen LogP contribution in [0, 0.1) is 0 Å². The molecule has 24 heavy (non-hydrogen) atoms. The lowest BCUT2D eigenvalue weighted by Gasteiger charge is -2.34. The summed E-state index contributed by atoms with van der Waals surface area (Å²) >= 11 is 13.7. The molecule has 1 N–H and O–H groups in total. The first kappa shape index (κ1) is 17.7. The third kappa shape index (κ3) is 4.29. The summed E-state index contributed by atoms with van der Waals surface area (Å²) < 4.78 is 5.43. The summed E-state index contributed by atoms with van der Waals surface area (Å²) in [4.78, 5) is 14.8. The summed E-state index contributed by atoms with van der Waals surface area (Å²) in [5.74, 6) is -0.212. The highest BCUT2D eigenvalue weighted by Crippen LogP contribution is 2.24. The van der Waals surface area contributed by atoms with Gasteiger partial charge in [0.25, 0.3) is 5.91 Å². The number of carbonyl (C=O) groups excluding carboxylic acids is 1. The molecule has 0 spiro atoms. The number of thiophene rings is 1. The maximum absolute atomic E-state index is 12.5. The molecule has 1 amide bonds. The van der Waals surface area contributed by atoms with Crippen LogP contribution < -0.4 is 5.32 Å². The summed E-state index contributed by atoms with van der Waals surface area (Å²) in [6, 6.07) is 7.12. The summed E-state index contributed by atoms with van der Waals surface area (Å²) in [6.45, 7) is 3.66. The number of morpholine rings is 1. The smallest absolute Gasteiger partial charge is 0.252 e. The number of hydrogen-bond donors (Lipinski definition) is 1. The van der Waals surface area contributed by atoms with E-state index in [0.29, 0.717) is 35.4 Å². The Hall–Kier alpha value is -1.11. The van der Waals surface area contributed by atoms with Crippen LogP contribution in [0.5, 0.6) is 0 Å². The number of rotatable bonds is 5. The van der Waals surface area contributed by atoms with Crippen LogP contribution in [0.15, 0.2) is 35.0 Å². The minimum atomic E-state index is -0.212. The van der Waals surface area contributed by atoms with Crippen molar-refractivity contribution in [2.24, 2.45) is 0 Å². The predicted molar refractivity (Wildman–Crippen MR) is 98.2 cm³/mol. The van der Waals surface area contributed by atoms with Crippen LogP contribution in [0.4, 0.5) is 0 Å². The van der Waals surface area contributed by atoms with Crippen LogP contribution in [0.1, 0.15) is 22.0 Å². The molecule has 1 atom stereocenters. The summed E-state index contributed by atoms with van der Waals surface area (Å²) in [6.07, 6.45) is 0. The second-order valence-electron chi connectivity index (χ2n) is 5.56. The minimum Gasteiger partial charge on any atom is -0.379 e. The number of amides is 1. The van der Waals surface area contributed by atoms with Crippen molar-refractivity contribution < 1.29 is 9.53 Å². The average Bonchev–Trinajstić information content (AvgIpc) is 3.12. The Morgan fingerprint density at radius 1 is 1.29 bits per heavy atom. The summed E-state index contributed by atoms with van der Waals surface area (Å²) in [7, 11) is 0. The van der Waals surface area contributed by atoms with Crippen LogP contribution in [0.3, 0.4) is 0 Å². The second-order valence-corrected chi connectivity index (χ2v) is 7.18. The first-order valence-electron chi connectivity index (χ1n) is 7.72. The van der Waals surface area contributed by atoms with Crippen molar-refractivity contribution in [3.05, 3.63) is 56.2 Å². The molecule has 1 aromatic carbocycles. The molecule has 0 aliphatic carbocycles. The molecule has 0 radical (unpaired) electrons. The fourth-order valence-electron chi connectivity index (χ4n) is 2.77. The van der Waals surface area contributed by atoms with Gasteiger partial charge in [-0.25, -0.2) is 0 Å². The molecule has 1 aliphatic rings. The van der Waals surface area contributed by atoms with Gasteiger partial charge < -0.3 is 10.1 Å². The summed E-state index contributed by atoms with van der Waals surface area (Å²) in [5.41, 5.74) is 1.61. The molecule has 1 saturated heterocycles. The number of nitrogens with one attached hydrogen (secondary N) is 1. The Labute approximate surface area is 155 Å². The average molecular weight is 385 g/mol. The molecule has 2 aromatic rings. The lowest BCUT2D eigenvalue weighted by Crippen LogP contribution is -2.43. The van der Waals surface area contributed by atoms with E-state index in [9.17, 15) is 4.79 Å². The van der Waals surface area contributed by atoms with E-state index in [4.69, 9.17) is 27.9 Å². The maximum Gasteiger partial charge on any atom is 0.252 e. The fraction of sp³-hybridized carbons (Fsp3) is 0.353. The van der Waals surface area contributed by atoms with Crippen molar-refractivity contribution >= 4 is 40.4 Å². The molecule has 0 bridgehead atoms. The van der Waals surface area contributed by atoms with E-state index in [0.717, 1.165) is 13.1 Å². The number of nitrogens with zero attached hydrogens (tertiary/aromatic N) is 1. The Morgan fingerprint density at radius 3 is 2.79 bits per heavy atom. The highest BCUT2D eigenvalue weighted by atomic mass is 35.5. The van der Waals surface area contributed by atoms with Crippen molar-refractivity contribution in [1.29, 1.82) is 0 Å². The standard InChI is InChI=1S/C17H18Cl2N2O2S/c18-13-1-2-15(19)14(9-13)17(22)20-10-16(12-3-8-24-11-12)21-4-6-23-7-5-21/h1-3,8-9,11,16H,4-7,10H2,(H,20,22). The first-order chi connectivity index (χ1) is 11.6. The lowest BCUT2D eigenvalue weighted by atomic mass is 10.1. The second kappa shape index (κ2) is 8.32. The first-order valence-corrected chi connectivity index (χ1v) is 9.42. The number of benzene rings is 1. The van der Waals surface area contributed by atoms with Gasteiger partial charge in [0.1, 0.15) is 0 Å². The van der Waals surface area contributed by atoms with Gasteiger partial charge >= 0.3 is 0 Å². The highest BCUT2D eigenvalue weighted by Gasteiger charge is 2.24. The normalized spacial score (nSPS) is 16.8. The predicted octanol–water partition coefficient (Wildman–Crippen LogP) is 3.86. The van der Waals surface area contributed by atoms with Gasteiger partial charge in [0, 0.05) is 24.7 Å². The third-order valence-electron chi connectivity index (χ3n) is 4.04. The van der Waals surface area contributed by atoms with E-state index >= 15 is 0 Å². The van der Waals surface area contributed by atoms with Gasteiger partial charge in [-0.05, 0) is 40.6 Å². The Kier molecular flexibility index (Phi) is 6.14. The van der Waals surface area contributed by atoms with Gasteiger partial charge in [0.05, 0.1) is 29.8 Å². The van der Waals surface area contributed by atoms with E-state index in [-0.39, 0.29) is 11.9 Å². The molecule has 1 unspecified atom stereocenters. The number of ether oxygens (including phenoxy) is 1. The molecular weight excluding hydrogens is 367 g/mol. The van der Waals surface area contributed by atoms with E-state index in [1.807, 2.05) is 0 Å². The molecule has 7 heteroatoms. The van der Waals surface area contributed by atoms with Crippen molar-refractivity contribution in [1.82, 2.24) is 10.2 Å². The monoisotopic (exact) mass is 384 g/mol. The molecule has 128 valence electrons. The quantitative estimate of drug-likeness (QED) is 0.850. The zero-order chi connectivity index (χ0) is 16.9. The Morgan fingerprint density at radius 2 is 2.08 bits per heavy atom. The molecule has 1 fully saturated rings. The SMILES string of the molecule is O=C(NCC(c1ccsc1)N1CCOCC1)c1cc(Cl)ccc1Cl. The Bertz CT molecular complexity index is 688. The lowest BCUT2D eigenvalue weighted by molar-refractivity contribution is 0.0163. The van der Waals surface area contributed by atoms with Crippen molar-refractivity contribution in [3.63, 3.8) is 0 Å². The van der Waals surface area contributed by atoms with Crippen LogP contribution >= 0.6 is 34.5 Å². The van der Waals surface area contributed by atoms with Gasteiger partial charge in [-0.1, -0.05) is 23.2 Å². The van der Waals surface area contributed by atoms with Crippen molar-refractivity contribution in [2.75, 3.05) is 32.8 Å². The van der Waals surface area contributed by atoms with Crippen LogP contribution in [-0.2, 0) is 4.74 Å². The number of halogens is 2. The molecular formula is C17H18Cl2N2O2S. The van der Waals surface area contributed by atoms with Gasteiger partial charge in [0.2, 0.25) is 0 Å². The zero-order valence-corrected chi connectivity index (χ0v) is 15.3. The number of carbonyl (C=O) groups is 1. The molecule has 2 heterocycles. The van der Waals surface area contributed by atoms with E-state index in [2.05, 4.69) is 27.0 Å². The van der Waals surface area contributed by atoms with E-state index < -0.39 is 0 Å². The van der Waals surface area contributed by atoms with Gasteiger partial charge in [-0.2, -0.15) is 11.3 Å². The minimum absolute atomic E-state index is 0.127. The maximum atomic E-state index is 12.5. The van der Waals surface area contributed by atoms with Crippen molar-refractivity contribution in [3.8, 4) is 0 Å². The third-order valence-corrected chi connectivity index (χ3v) is 5.31. The van der Waals surface area contributed by atoms with Crippen LogP contribution in [0.2, 0.25) is 10.0 Å². The molecule has 0 saturated carbocycles. The van der Waals surface area contributed by atoms with Crippen molar-refractivity contribution in [2.45, 2.75) is 6.04 Å². The van der Waals surface area contributed by atoms with E-state index in [1.54, 1.807) is 29.5 Å². The summed E-state index contributed by atoms with van der Waals surface area (Å²) in [5, 5.41) is 8.06. The topological polar surface area (TPSA) is 41.6 Å². The molecule has 1 aromatic heterocycles. The molecule has 4 nitrogen and oxygen atoms in total. The van der Waals surface area contributed by atoms with Gasteiger partial charge in [-0.3, -0.25) is 9.69 Å². The van der Waals surface area contributed by atoms with Crippen LogP contribution in [0.25, 0.3) is 0 Å². The molecule has 1 aliphatic heterocycles.